The van der Waals surface area contributed by atoms with Crippen molar-refractivity contribution >= 4 is 6.34 Å². The van der Waals surface area contributed by atoms with E-state index in [0.717, 1.165) is 19.8 Å². The molecule has 0 atom stereocenters. The van der Waals surface area contributed by atoms with Gasteiger partial charge in [-0.1, -0.05) is 0 Å². The molecular weight excluding hydrogens is 176 g/mol. The number of aliphatic imine (C=N–C) groups is 1. The fourth-order valence-electron chi connectivity index (χ4n) is 0.983. The van der Waals surface area contributed by atoms with Crippen molar-refractivity contribution in [2.75, 3.05) is 19.8 Å². The molecule has 0 aliphatic rings. The maximum atomic E-state index is 5.32. The molecule has 84 valence electrons. The lowest BCUT2D eigenvalue weighted by Gasteiger charge is -2.24. The number of ether oxygens (including phenoxy) is 1. The van der Waals surface area contributed by atoms with Crippen LogP contribution in [0.2, 0.25) is 0 Å². The molecule has 0 radical (unpaired) electrons. The van der Waals surface area contributed by atoms with Gasteiger partial charge in [0, 0.05) is 25.2 Å². The van der Waals surface area contributed by atoms with Gasteiger partial charge in [-0.3, -0.25) is 4.99 Å². The van der Waals surface area contributed by atoms with Crippen LogP contribution in [0.3, 0.4) is 0 Å². The van der Waals surface area contributed by atoms with Crippen LogP contribution in [0, 0.1) is 0 Å². The highest BCUT2D eigenvalue weighted by molar-refractivity contribution is 5.55. The van der Waals surface area contributed by atoms with Crippen LogP contribution in [0.1, 0.15) is 34.6 Å². The zero-order valence-electron chi connectivity index (χ0n) is 10.2. The number of rotatable bonds is 7. The van der Waals surface area contributed by atoms with Crippen molar-refractivity contribution in [3.05, 3.63) is 0 Å². The monoisotopic (exact) mass is 200 g/mol. The van der Waals surface area contributed by atoms with Gasteiger partial charge < -0.3 is 9.64 Å². The van der Waals surface area contributed by atoms with Crippen LogP contribution in [-0.2, 0) is 4.74 Å². The van der Waals surface area contributed by atoms with Crippen molar-refractivity contribution in [3.63, 3.8) is 0 Å². The number of hydrogen-bond donors (Lipinski definition) is 0. The van der Waals surface area contributed by atoms with Crippen molar-refractivity contribution in [2.24, 2.45) is 4.99 Å². The van der Waals surface area contributed by atoms with Crippen molar-refractivity contribution < 1.29 is 4.74 Å². The summed E-state index contributed by atoms with van der Waals surface area (Å²) in [6.45, 7) is 13.0. The summed E-state index contributed by atoms with van der Waals surface area (Å²) in [4.78, 5) is 6.57. The van der Waals surface area contributed by atoms with Gasteiger partial charge in [0.25, 0.3) is 0 Å². The molecule has 0 fully saturated rings. The maximum Gasteiger partial charge on any atom is 0.0856 e. The Morgan fingerprint density at radius 3 is 2.36 bits per heavy atom. The Balaban J connectivity index is 3.90. The Bertz CT molecular complexity index is 155. The Kier molecular flexibility index (Phi) is 7.48. The third-order valence-electron chi connectivity index (χ3n) is 1.87. The highest BCUT2D eigenvalue weighted by Crippen LogP contribution is 1.96. The molecule has 3 heteroatoms. The second-order valence-corrected chi connectivity index (χ2v) is 3.89. The fourth-order valence-corrected chi connectivity index (χ4v) is 0.983. The standard InChI is InChI=1S/C11H24N2O/c1-6-14-8-7-13(11(4)5)9-12-10(2)3/h9-11H,6-8H2,1-5H3. The lowest BCUT2D eigenvalue weighted by Crippen LogP contribution is -2.33. The van der Waals surface area contributed by atoms with Gasteiger partial charge in [-0.2, -0.15) is 0 Å². The molecule has 0 heterocycles. The minimum atomic E-state index is 0.364. The summed E-state index contributed by atoms with van der Waals surface area (Å²) in [5, 5.41) is 0. The minimum absolute atomic E-state index is 0.364. The average Bonchev–Trinajstić information content (AvgIpc) is 2.10. The second kappa shape index (κ2) is 7.80. The van der Waals surface area contributed by atoms with Gasteiger partial charge in [-0.25, -0.2) is 0 Å². The third-order valence-corrected chi connectivity index (χ3v) is 1.87. The first kappa shape index (κ1) is 13.4. The molecule has 0 N–H and O–H groups in total. The van der Waals surface area contributed by atoms with Crippen LogP contribution in [0.25, 0.3) is 0 Å². The van der Waals surface area contributed by atoms with Crippen molar-refractivity contribution in [1.82, 2.24) is 4.90 Å². The highest BCUT2D eigenvalue weighted by Gasteiger charge is 2.04. The van der Waals surface area contributed by atoms with E-state index in [9.17, 15) is 0 Å². The third kappa shape index (κ3) is 6.89. The molecule has 0 rings (SSSR count). The minimum Gasteiger partial charge on any atom is -0.380 e. The zero-order valence-corrected chi connectivity index (χ0v) is 10.2. The Morgan fingerprint density at radius 1 is 1.29 bits per heavy atom. The largest absolute Gasteiger partial charge is 0.380 e. The van der Waals surface area contributed by atoms with Crippen LogP contribution in [0.4, 0.5) is 0 Å². The van der Waals surface area contributed by atoms with Crippen LogP contribution < -0.4 is 0 Å². The van der Waals surface area contributed by atoms with Crippen LogP contribution in [-0.4, -0.2) is 43.1 Å². The van der Waals surface area contributed by atoms with E-state index in [1.165, 1.54) is 0 Å². The Morgan fingerprint density at radius 2 is 1.93 bits per heavy atom. The van der Waals surface area contributed by atoms with E-state index in [2.05, 4.69) is 37.6 Å². The summed E-state index contributed by atoms with van der Waals surface area (Å²) < 4.78 is 5.32. The van der Waals surface area contributed by atoms with Crippen molar-refractivity contribution in [3.8, 4) is 0 Å². The highest BCUT2D eigenvalue weighted by atomic mass is 16.5. The maximum absolute atomic E-state index is 5.32. The molecule has 0 aromatic carbocycles. The molecule has 0 spiro atoms. The van der Waals surface area contributed by atoms with Gasteiger partial charge in [0.2, 0.25) is 0 Å². The first-order valence-corrected chi connectivity index (χ1v) is 5.44. The summed E-state index contributed by atoms with van der Waals surface area (Å²) in [7, 11) is 0. The summed E-state index contributed by atoms with van der Waals surface area (Å²) >= 11 is 0. The molecule has 0 aromatic heterocycles. The van der Waals surface area contributed by atoms with Crippen LogP contribution in [0.15, 0.2) is 4.99 Å². The predicted octanol–water partition coefficient (Wildman–Crippen LogP) is 2.17. The molecule has 0 aliphatic carbocycles. The second-order valence-electron chi connectivity index (χ2n) is 3.89. The molecule has 0 saturated heterocycles. The van der Waals surface area contributed by atoms with E-state index >= 15 is 0 Å². The van der Waals surface area contributed by atoms with Gasteiger partial charge in [0.15, 0.2) is 0 Å². The van der Waals surface area contributed by atoms with Crippen LogP contribution >= 0.6 is 0 Å². The Hall–Kier alpha value is -0.570. The lowest BCUT2D eigenvalue weighted by atomic mass is 10.3. The van der Waals surface area contributed by atoms with Gasteiger partial charge in [-0.15, -0.1) is 0 Å². The van der Waals surface area contributed by atoms with Crippen LogP contribution in [0.5, 0.6) is 0 Å². The van der Waals surface area contributed by atoms with E-state index in [1.54, 1.807) is 0 Å². The van der Waals surface area contributed by atoms with E-state index < -0.39 is 0 Å². The van der Waals surface area contributed by atoms with Gasteiger partial charge in [0.1, 0.15) is 0 Å². The van der Waals surface area contributed by atoms with E-state index in [4.69, 9.17) is 4.74 Å². The van der Waals surface area contributed by atoms with Gasteiger partial charge in [-0.05, 0) is 34.6 Å². The molecule has 0 aromatic rings. The van der Waals surface area contributed by atoms with Gasteiger partial charge >= 0.3 is 0 Å². The molecule has 3 nitrogen and oxygen atoms in total. The van der Waals surface area contributed by atoms with Crippen molar-refractivity contribution in [1.29, 1.82) is 0 Å². The summed E-state index contributed by atoms with van der Waals surface area (Å²) in [5.74, 6) is 0. The summed E-state index contributed by atoms with van der Waals surface area (Å²) in [6.07, 6.45) is 1.94. The number of nitrogens with zero attached hydrogens (tertiary/aromatic N) is 2. The molecule has 0 bridgehead atoms. The molecular formula is C11H24N2O. The molecule has 14 heavy (non-hydrogen) atoms. The van der Waals surface area contributed by atoms with E-state index in [-0.39, 0.29) is 0 Å². The van der Waals surface area contributed by atoms with Crippen molar-refractivity contribution in [2.45, 2.75) is 46.7 Å². The molecule has 0 aliphatic heterocycles. The summed E-state index contributed by atoms with van der Waals surface area (Å²) in [6, 6.07) is 0.848. The summed E-state index contributed by atoms with van der Waals surface area (Å²) in [5.41, 5.74) is 0. The average molecular weight is 200 g/mol. The first-order chi connectivity index (χ1) is 6.57. The quantitative estimate of drug-likeness (QED) is 0.357. The zero-order chi connectivity index (χ0) is 11.0. The predicted molar refractivity (Wildman–Crippen MR) is 62.0 cm³/mol. The topological polar surface area (TPSA) is 24.8 Å². The van der Waals surface area contributed by atoms with E-state index in [0.29, 0.717) is 12.1 Å². The SMILES string of the molecule is CCOCCN(C=NC(C)C)C(C)C. The molecule has 0 unspecified atom stereocenters. The number of hydrogen-bond acceptors (Lipinski definition) is 2. The Labute approximate surface area is 88.2 Å². The normalized spacial score (nSPS) is 11.9. The molecule has 0 saturated carbocycles. The van der Waals surface area contributed by atoms with Gasteiger partial charge in [0.05, 0.1) is 12.9 Å². The molecule has 0 amide bonds. The smallest absolute Gasteiger partial charge is 0.0856 e. The van der Waals surface area contributed by atoms with E-state index in [1.807, 2.05) is 13.3 Å². The fraction of sp³-hybridized carbons (Fsp3) is 0.909. The lowest BCUT2D eigenvalue weighted by molar-refractivity contribution is 0.127. The first-order valence-electron chi connectivity index (χ1n) is 5.44.